The lowest BCUT2D eigenvalue weighted by Gasteiger charge is -2.12. The van der Waals surface area contributed by atoms with Crippen LogP contribution in [0.5, 0.6) is 0 Å². The van der Waals surface area contributed by atoms with Gasteiger partial charge in [-0.1, -0.05) is 32.3 Å². The monoisotopic (exact) mass is 312 g/mol. The van der Waals surface area contributed by atoms with Crippen molar-refractivity contribution in [2.45, 2.75) is 50.8 Å². The van der Waals surface area contributed by atoms with Crippen LogP contribution >= 0.6 is 0 Å². The van der Waals surface area contributed by atoms with Crippen molar-refractivity contribution >= 4 is 15.8 Å². The Morgan fingerprint density at radius 1 is 1.19 bits per heavy atom. The Morgan fingerprint density at radius 3 is 2.38 bits per heavy atom. The van der Waals surface area contributed by atoms with Crippen LogP contribution in [0.25, 0.3) is 0 Å². The fourth-order valence-corrected chi connectivity index (χ4v) is 3.33. The molecule has 0 N–H and O–H groups in total. The van der Waals surface area contributed by atoms with Gasteiger partial charge < -0.3 is 4.74 Å². The third kappa shape index (κ3) is 4.84. The Bertz CT molecular complexity index is 603. The normalized spacial score (nSPS) is 11.4. The molecule has 5 heteroatoms. The van der Waals surface area contributed by atoms with Gasteiger partial charge in [-0.3, -0.25) is 0 Å². The summed E-state index contributed by atoms with van der Waals surface area (Å²) in [6.07, 6.45) is 6.20. The van der Waals surface area contributed by atoms with Crippen LogP contribution in [0.1, 0.15) is 54.1 Å². The molecule has 0 aromatic heterocycles. The summed E-state index contributed by atoms with van der Waals surface area (Å²) in [5.41, 5.74) is 1.86. The quantitative estimate of drug-likeness (QED) is 0.572. The highest BCUT2D eigenvalue weighted by atomic mass is 32.2. The molecule has 1 aromatic rings. The highest BCUT2D eigenvalue weighted by molar-refractivity contribution is 7.90. The zero-order valence-corrected chi connectivity index (χ0v) is 14.0. The number of carbonyl (C=O) groups is 1. The maximum atomic E-state index is 12.0. The van der Waals surface area contributed by atoms with Crippen LogP contribution in [0.15, 0.2) is 17.0 Å². The largest absolute Gasteiger partial charge is 0.465 e. The predicted molar refractivity (Wildman–Crippen MR) is 83.5 cm³/mol. The molecule has 0 amide bonds. The maximum absolute atomic E-state index is 12.0. The number of methoxy groups -OCH3 is 1. The van der Waals surface area contributed by atoms with Crippen molar-refractivity contribution < 1.29 is 17.9 Å². The highest BCUT2D eigenvalue weighted by Crippen LogP contribution is 2.24. The second kappa shape index (κ2) is 7.59. The van der Waals surface area contributed by atoms with E-state index in [1.165, 1.54) is 19.4 Å². The van der Waals surface area contributed by atoms with Gasteiger partial charge >= 0.3 is 5.97 Å². The molecule has 1 rings (SSSR count). The summed E-state index contributed by atoms with van der Waals surface area (Å²) in [4.78, 5) is 11.9. The van der Waals surface area contributed by atoms with Crippen molar-refractivity contribution in [3.8, 4) is 0 Å². The van der Waals surface area contributed by atoms with Gasteiger partial charge in [0.2, 0.25) is 0 Å². The zero-order valence-electron chi connectivity index (χ0n) is 13.2. The first-order chi connectivity index (χ1) is 9.81. The van der Waals surface area contributed by atoms with Crippen LogP contribution in [0.2, 0.25) is 0 Å². The van der Waals surface area contributed by atoms with Gasteiger partial charge in [0, 0.05) is 6.26 Å². The molecule has 0 aliphatic rings. The minimum atomic E-state index is -3.36. The molecule has 0 saturated heterocycles. The van der Waals surface area contributed by atoms with Crippen molar-refractivity contribution in [2.24, 2.45) is 0 Å². The van der Waals surface area contributed by atoms with Crippen molar-refractivity contribution in [3.05, 3.63) is 28.8 Å². The summed E-state index contributed by atoms with van der Waals surface area (Å²) >= 11 is 0. The van der Waals surface area contributed by atoms with Crippen LogP contribution in [-0.4, -0.2) is 27.8 Å². The number of aryl methyl sites for hydroxylation is 2. The van der Waals surface area contributed by atoms with Crippen molar-refractivity contribution in [1.29, 1.82) is 0 Å². The van der Waals surface area contributed by atoms with Gasteiger partial charge in [0.05, 0.1) is 17.6 Å². The number of esters is 1. The summed E-state index contributed by atoms with van der Waals surface area (Å²) in [5, 5.41) is 0. The first kappa shape index (κ1) is 17.7. The van der Waals surface area contributed by atoms with E-state index < -0.39 is 15.8 Å². The van der Waals surface area contributed by atoms with Gasteiger partial charge in [-0.15, -0.1) is 0 Å². The number of unbranched alkanes of at least 4 members (excludes halogenated alkanes) is 3. The Hall–Kier alpha value is -1.36. The predicted octanol–water partition coefficient (Wildman–Crippen LogP) is 3.31. The van der Waals surface area contributed by atoms with Gasteiger partial charge in [0.1, 0.15) is 0 Å². The number of hydrogen-bond donors (Lipinski definition) is 0. The standard InChI is InChI=1S/C16H24O4S/c1-5-6-7-8-9-13-10-12(2)14(16(17)20-3)11-15(13)21(4,18)19/h10-11H,5-9H2,1-4H3. The van der Waals surface area contributed by atoms with E-state index >= 15 is 0 Å². The fourth-order valence-electron chi connectivity index (χ4n) is 2.36. The van der Waals surface area contributed by atoms with Gasteiger partial charge in [0.15, 0.2) is 9.84 Å². The number of hydrogen-bond acceptors (Lipinski definition) is 4. The van der Waals surface area contributed by atoms with Crippen LogP contribution in [0, 0.1) is 6.92 Å². The number of sulfone groups is 1. The molecule has 0 fully saturated rings. The Morgan fingerprint density at radius 2 is 1.86 bits per heavy atom. The molecule has 0 bridgehead atoms. The van der Waals surface area contributed by atoms with Gasteiger partial charge in [-0.25, -0.2) is 13.2 Å². The summed E-state index contributed by atoms with van der Waals surface area (Å²) < 4.78 is 28.6. The molecule has 0 unspecified atom stereocenters. The van der Waals surface area contributed by atoms with E-state index in [1.54, 1.807) is 13.0 Å². The van der Waals surface area contributed by atoms with E-state index in [4.69, 9.17) is 4.74 Å². The second-order valence-corrected chi connectivity index (χ2v) is 7.33. The maximum Gasteiger partial charge on any atom is 0.338 e. The molecule has 4 nitrogen and oxygen atoms in total. The second-order valence-electron chi connectivity index (χ2n) is 5.35. The minimum Gasteiger partial charge on any atom is -0.465 e. The molecule has 21 heavy (non-hydrogen) atoms. The van der Waals surface area contributed by atoms with Crippen molar-refractivity contribution in [2.75, 3.05) is 13.4 Å². The first-order valence-corrected chi connectivity index (χ1v) is 9.12. The number of rotatable bonds is 7. The van der Waals surface area contributed by atoms with Crippen LogP contribution in [0.4, 0.5) is 0 Å². The fraction of sp³-hybridized carbons (Fsp3) is 0.562. The topological polar surface area (TPSA) is 60.4 Å². The summed E-state index contributed by atoms with van der Waals surface area (Å²) in [6.45, 7) is 3.94. The Labute approximate surface area is 127 Å². The van der Waals surface area contributed by atoms with Crippen LogP contribution in [0.3, 0.4) is 0 Å². The van der Waals surface area contributed by atoms with E-state index in [9.17, 15) is 13.2 Å². The molecular weight excluding hydrogens is 288 g/mol. The molecule has 0 atom stereocenters. The summed E-state index contributed by atoms with van der Waals surface area (Å²) in [7, 11) is -2.07. The third-order valence-electron chi connectivity index (χ3n) is 3.51. The van der Waals surface area contributed by atoms with E-state index in [-0.39, 0.29) is 4.90 Å². The van der Waals surface area contributed by atoms with Gasteiger partial charge in [-0.2, -0.15) is 0 Å². The van der Waals surface area contributed by atoms with Gasteiger partial charge in [0.25, 0.3) is 0 Å². The van der Waals surface area contributed by atoms with Gasteiger partial charge in [-0.05, 0) is 37.0 Å². The molecule has 0 aliphatic heterocycles. The Kier molecular flexibility index (Phi) is 6.40. The van der Waals surface area contributed by atoms with Crippen molar-refractivity contribution in [3.63, 3.8) is 0 Å². The first-order valence-electron chi connectivity index (χ1n) is 7.23. The highest BCUT2D eigenvalue weighted by Gasteiger charge is 2.19. The zero-order chi connectivity index (χ0) is 16.0. The van der Waals surface area contributed by atoms with E-state index in [2.05, 4.69) is 6.92 Å². The average molecular weight is 312 g/mol. The average Bonchev–Trinajstić information content (AvgIpc) is 2.41. The molecule has 0 aliphatic carbocycles. The van der Waals surface area contributed by atoms with E-state index in [1.807, 2.05) is 0 Å². The smallest absolute Gasteiger partial charge is 0.338 e. The summed E-state index contributed by atoms with van der Waals surface area (Å²) in [6, 6.07) is 3.25. The van der Waals surface area contributed by atoms with Crippen LogP contribution < -0.4 is 0 Å². The molecule has 118 valence electrons. The van der Waals surface area contributed by atoms with Crippen molar-refractivity contribution in [1.82, 2.24) is 0 Å². The number of ether oxygens (including phenoxy) is 1. The van der Waals surface area contributed by atoms with E-state index in [0.29, 0.717) is 12.0 Å². The molecule has 0 radical (unpaired) electrons. The number of carbonyl (C=O) groups excluding carboxylic acids is 1. The lowest BCUT2D eigenvalue weighted by atomic mass is 10.0. The van der Waals surface area contributed by atoms with Crippen LogP contribution in [-0.2, 0) is 21.0 Å². The molecule has 0 spiro atoms. The lowest BCUT2D eigenvalue weighted by molar-refractivity contribution is 0.0599. The van der Waals surface area contributed by atoms with E-state index in [0.717, 1.165) is 36.8 Å². The Balaban J connectivity index is 3.18. The molecule has 0 heterocycles. The number of benzene rings is 1. The third-order valence-corrected chi connectivity index (χ3v) is 4.69. The molecule has 1 aromatic carbocycles. The summed E-state index contributed by atoms with van der Waals surface area (Å²) in [5.74, 6) is -0.505. The lowest BCUT2D eigenvalue weighted by Crippen LogP contribution is -2.10. The minimum absolute atomic E-state index is 0.241. The molecule has 0 saturated carbocycles. The SMILES string of the molecule is CCCCCCc1cc(C)c(C(=O)OC)cc1S(C)(=O)=O. The molecular formula is C16H24O4S.